The first-order valence-electron chi connectivity index (χ1n) is 4.61. The molecule has 1 aliphatic rings. The molecule has 0 saturated carbocycles. The number of nitrogens with two attached hydrogens (primary N) is 1. The average Bonchev–Trinajstić information content (AvgIpc) is 2.18. The van der Waals surface area contributed by atoms with E-state index in [2.05, 4.69) is 5.43 Å². The summed E-state index contributed by atoms with van der Waals surface area (Å²) in [6.45, 7) is 4.70. The number of hydrazine groups is 1. The summed E-state index contributed by atoms with van der Waals surface area (Å²) < 4.78 is 0. The van der Waals surface area contributed by atoms with E-state index in [1.54, 1.807) is 11.8 Å². The van der Waals surface area contributed by atoms with Crippen molar-refractivity contribution in [2.75, 3.05) is 32.7 Å². The summed E-state index contributed by atoms with van der Waals surface area (Å²) in [4.78, 5) is 25.7. The lowest BCUT2D eigenvalue weighted by molar-refractivity contribution is -0.131. The fraction of sp³-hybridized carbons (Fsp3) is 0.750. The molecule has 0 unspecified atom stereocenters. The summed E-state index contributed by atoms with van der Waals surface area (Å²) in [6, 6.07) is 0. The normalized spacial score (nSPS) is 18.0. The summed E-state index contributed by atoms with van der Waals surface area (Å²) in [6.07, 6.45) is 0. The molecule has 0 spiro atoms. The molecule has 80 valence electrons. The molecule has 3 N–H and O–H groups in total. The minimum atomic E-state index is -0.193. The van der Waals surface area contributed by atoms with Crippen LogP contribution in [0.4, 0.5) is 0 Å². The smallest absolute Gasteiger partial charge is 0.248 e. The van der Waals surface area contributed by atoms with E-state index in [9.17, 15) is 9.59 Å². The van der Waals surface area contributed by atoms with Gasteiger partial charge in [0, 0.05) is 33.1 Å². The summed E-state index contributed by atoms with van der Waals surface area (Å²) in [5, 5.41) is 0. The van der Waals surface area contributed by atoms with Crippen LogP contribution in [0.25, 0.3) is 0 Å². The molecule has 2 amide bonds. The van der Waals surface area contributed by atoms with Crippen LogP contribution in [0.2, 0.25) is 0 Å². The highest BCUT2D eigenvalue weighted by molar-refractivity contribution is 5.77. The minimum absolute atomic E-state index is 0.0907. The van der Waals surface area contributed by atoms with Crippen LogP contribution in [-0.2, 0) is 9.59 Å². The molecule has 0 atom stereocenters. The molecule has 0 aromatic carbocycles. The summed E-state index contributed by atoms with van der Waals surface area (Å²) in [7, 11) is 0. The van der Waals surface area contributed by atoms with Gasteiger partial charge in [-0.1, -0.05) is 0 Å². The zero-order chi connectivity index (χ0) is 10.6. The van der Waals surface area contributed by atoms with Crippen molar-refractivity contribution < 1.29 is 9.59 Å². The van der Waals surface area contributed by atoms with Gasteiger partial charge in [-0.25, -0.2) is 5.84 Å². The van der Waals surface area contributed by atoms with E-state index in [1.807, 2.05) is 4.90 Å². The van der Waals surface area contributed by atoms with Gasteiger partial charge < -0.3 is 4.90 Å². The predicted octanol–water partition coefficient (Wildman–Crippen LogP) is -1.86. The number of nitrogens with one attached hydrogen (secondary N) is 1. The topological polar surface area (TPSA) is 78.7 Å². The van der Waals surface area contributed by atoms with E-state index in [0.717, 1.165) is 13.1 Å². The van der Waals surface area contributed by atoms with Gasteiger partial charge in [0.2, 0.25) is 11.8 Å². The Morgan fingerprint density at radius 2 is 1.86 bits per heavy atom. The van der Waals surface area contributed by atoms with Gasteiger partial charge in [-0.3, -0.25) is 19.9 Å². The van der Waals surface area contributed by atoms with E-state index >= 15 is 0 Å². The van der Waals surface area contributed by atoms with Crippen LogP contribution in [0.5, 0.6) is 0 Å². The Morgan fingerprint density at radius 1 is 1.29 bits per heavy atom. The molecular weight excluding hydrogens is 184 g/mol. The van der Waals surface area contributed by atoms with Crippen molar-refractivity contribution in [3.8, 4) is 0 Å². The van der Waals surface area contributed by atoms with Crippen LogP contribution in [0.3, 0.4) is 0 Å². The van der Waals surface area contributed by atoms with E-state index in [1.165, 1.54) is 0 Å². The van der Waals surface area contributed by atoms with Crippen LogP contribution in [-0.4, -0.2) is 54.3 Å². The van der Waals surface area contributed by atoms with Crippen molar-refractivity contribution in [2.45, 2.75) is 6.92 Å². The standard InChI is InChI=1S/C8H16N4O2/c1-7(13)12-4-2-11(3-5-12)6-8(14)10-9/h2-6,9H2,1H3,(H,10,14). The third kappa shape index (κ3) is 2.97. The lowest BCUT2D eigenvalue weighted by atomic mass is 10.3. The number of hydrogen-bond donors (Lipinski definition) is 2. The summed E-state index contributed by atoms with van der Waals surface area (Å²) >= 11 is 0. The van der Waals surface area contributed by atoms with Gasteiger partial charge in [0.05, 0.1) is 6.54 Å². The van der Waals surface area contributed by atoms with Gasteiger partial charge >= 0.3 is 0 Å². The van der Waals surface area contributed by atoms with E-state index < -0.39 is 0 Å². The van der Waals surface area contributed by atoms with Crippen molar-refractivity contribution in [2.24, 2.45) is 5.84 Å². The van der Waals surface area contributed by atoms with E-state index in [-0.39, 0.29) is 11.8 Å². The first-order chi connectivity index (χ1) is 6.63. The molecule has 0 aliphatic carbocycles. The number of amides is 2. The maximum Gasteiger partial charge on any atom is 0.248 e. The number of hydrogen-bond acceptors (Lipinski definition) is 4. The van der Waals surface area contributed by atoms with Gasteiger partial charge in [-0.05, 0) is 0 Å². The Bertz CT molecular complexity index is 223. The highest BCUT2D eigenvalue weighted by atomic mass is 16.2. The number of piperazine rings is 1. The maximum absolute atomic E-state index is 11.0. The quantitative estimate of drug-likeness (QED) is 0.311. The second kappa shape index (κ2) is 4.92. The molecule has 1 saturated heterocycles. The van der Waals surface area contributed by atoms with E-state index in [0.29, 0.717) is 19.6 Å². The molecule has 0 bridgehead atoms. The predicted molar refractivity (Wildman–Crippen MR) is 51.0 cm³/mol. The minimum Gasteiger partial charge on any atom is -0.340 e. The van der Waals surface area contributed by atoms with Crippen molar-refractivity contribution >= 4 is 11.8 Å². The maximum atomic E-state index is 11.0. The van der Waals surface area contributed by atoms with Crippen LogP contribution in [0.15, 0.2) is 0 Å². The van der Waals surface area contributed by atoms with Crippen LogP contribution < -0.4 is 11.3 Å². The fourth-order valence-corrected chi connectivity index (χ4v) is 1.47. The Kier molecular flexibility index (Phi) is 3.84. The number of rotatable bonds is 2. The summed E-state index contributed by atoms with van der Waals surface area (Å²) in [5.41, 5.74) is 2.09. The van der Waals surface area contributed by atoms with Crippen molar-refractivity contribution in [3.63, 3.8) is 0 Å². The molecule has 1 aliphatic heterocycles. The van der Waals surface area contributed by atoms with Crippen molar-refractivity contribution in [1.82, 2.24) is 15.2 Å². The Balaban J connectivity index is 2.29. The average molecular weight is 200 g/mol. The highest BCUT2D eigenvalue weighted by Gasteiger charge is 2.19. The van der Waals surface area contributed by atoms with Gasteiger partial charge in [0.15, 0.2) is 0 Å². The Labute approximate surface area is 83.0 Å². The van der Waals surface area contributed by atoms with Crippen LogP contribution in [0, 0.1) is 0 Å². The van der Waals surface area contributed by atoms with Crippen LogP contribution in [0.1, 0.15) is 6.92 Å². The molecule has 1 fully saturated rings. The first kappa shape index (κ1) is 10.9. The van der Waals surface area contributed by atoms with Crippen LogP contribution >= 0.6 is 0 Å². The second-order valence-corrected chi connectivity index (χ2v) is 3.35. The molecule has 1 rings (SSSR count). The number of carbonyl (C=O) groups excluding carboxylic acids is 2. The monoisotopic (exact) mass is 200 g/mol. The van der Waals surface area contributed by atoms with Crippen molar-refractivity contribution in [1.29, 1.82) is 0 Å². The SMILES string of the molecule is CC(=O)N1CCN(CC(=O)NN)CC1. The number of carbonyl (C=O) groups is 2. The fourth-order valence-electron chi connectivity index (χ4n) is 1.47. The molecule has 6 heteroatoms. The lowest BCUT2D eigenvalue weighted by Crippen LogP contribution is -2.51. The molecule has 6 nitrogen and oxygen atoms in total. The molecular formula is C8H16N4O2. The highest BCUT2D eigenvalue weighted by Crippen LogP contribution is 2.00. The second-order valence-electron chi connectivity index (χ2n) is 3.35. The van der Waals surface area contributed by atoms with Gasteiger partial charge in [-0.15, -0.1) is 0 Å². The number of nitrogens with zero attached hydrogens (tertiary/aromatic N) is 2. The van der Waals surface area contributed by atoms with Crippen molar-refractivity contribution in [3.05, 3.63) is 0 Å². The Morgan fingerprint density at radius 3 is 2.29 bits per heavy atom. The molecule has 0 aromatic rings. The molecule has 0 aromatic heterocycles. The lowest BCUT2D eigenvalue weighted by Gasteiger charge is -2.33. The first-order valence-corrected chi connectivity index (χ1v) is 4.61. The van der Waals surface area contributed by atoms with E-state index in [4.69, 9.17) is 5.84 Å². The Hall–Kier alpha value is -1.14. The summed E-state index contributed by atoms with van der Waals surface area (Å²) in [5.74, 6) is 4.87. The van der Waals surface area contributed by atoms with Gasteiger partial charge in [0.1, 0.15) is 0 Å². The molecule has 14 heavy (non-hydrogen) atoms. The largest absolute Gasteiger partial charge is 0.340 e. The van der Waals surface area contributed by atoms with Gasteiger partial charge in [0.25, 0.3) is 0 Å². The van der Waals surface area contributed by atoms with Gasteiger partial charge in [-0.2, -0.15) is 0 Å². The zero-order valence-electron chi connectivity index (χ0n) is 8.32. The third-order valence-electron chi connectivity index (χ3n) is 2.35. The zero-order valence-corrected chi connectivity index (χ0v) is 8.32. The third-order valence-corrected chi connectivity index (χ3v) is 2.35. The molecule has 1 heterocycles. The molecule has 0 radical (unpaired) electrons.